The molecular formula is C10H11Cl2NO. The fourth-order valence-electron chi connectivity index (χ4n) is 1.53. The number of benzene rings is 1. The Morgan fingerprint density at radius 3 is 2.14 bits per heavy atom. The van der Waals surface area contributed by atoms with Crippen molar-refractivity contribution in [3.05, 3.63) is 27.7 Å². The van der Waals surface area contributed by atoms with Gasteiger partial charge >= 0.3 is 0 Å². The van der Waals surface area contributed by atoms with Gasteiger partial charge in [-0.15, -0.1) is 0 Å². The van der Waals surface area contributed by atoms with Crippen molar-refractivity contribution >= 4 is 23.2 Å². The molecule has 0 radical (unpaired) electrons. The summed E-state index contributed by atoms with van der Waals surface area (Å²) in [6.07, 6.45) is 1.89. The van der Waals surface area contributed by atoms with Crippen LogP contribution in [0, 0.1) is 0 Å². The molecule has 4 heteroatoms. The maximum absolute atomic E-state index is 6.09. The summed E-state index contributed by atoms with van der Waals surface area (Å²) in [4.78, 5) is 0. The molecule has 76 valence electrons. The van der Waals surface area contributed by atoms with Crippen molar-refractivity contribution < 1.29 is 4.74 Å². The van der Waals surface area contributed by atoms with E-state index in [0.29, 0.717) is 15.8 Å². The van der Waals surface area contributed by atoms with Crippen LogP contribution in [0.1, 0.15) is 18.4 Å². The number of rotatable bonds is 2. The Balaban J connectivity index is 2.50. The van der Waals surface area contributed by atoms with Crippen molar-refractivity contribution in [3.63, 3.8) is 0 Å². The fourth-order valence-corrected chi connectivity index (χ4v) is 2.37. The van der Waals surface area contributed by atoms with Crippen molar-refractivity contribution in [2.24, 2.45) is 5.73 Å². The minimum absolute atomic E-state index is 0.305. The molecule has 1 fully saturated rings. The van der Waals surface area contributed by atoms with Crippen LogP contribution in [0.3, 0.4) is 0 Å². The van der Waals surface area contributed by atoms with Gasteiger partial charge in [-0.05, 0) is 25.0 Å². The van der Waals surface area contributed by atoms with E-state index in [-0.39, 0.29) is 5.54 Å². The third-order valence-electron chi connectivity index (χ3n) is 2.54. The van der Waals surface area contributed by atoms with Gasteiger partial charge < -0.3 is 10.5 Å². The van der Waals surface area contributed by atoms with Gasteiger partial charge in [0.2, 0.25) is 0 Å². The lowest BCUT2D eigenvalue weighted by Crippen LogP contribution is -2.19. The molecule has 2 rings (SSSR count). The molecule has 0 aromatic heterocycles. The van der Waals surface area contributed by atoms with Gasteiger partial charge in [0.15, 0.2) is 0 Å². The molecule has 0 amide bonds. The predicted molar refractivity (Wildman–Crippen MR) is 58.1 cm³/mol. The van der Waals surface area contributed by atoms with E-state index in [1.54, 1.807) is 19.2 Å². The number of nitrogens with two attached hydrogens (primary N) is 1. The van der Waals surface area contributed by atoms with Gasteiger partial charge in [-0.2, -0.15) is 0 Å². The molecule has 14 heavy (non-hydrogen) atoms. The summed E-state index contributed by atoms with van der Waals surface area (Å²) >= 11 is 12.2. The van der Waals surface area contributed by atoms with Gasteiger partial charge in [0.05, 0.1) is 17.2 Å². The molecule has 1 aliphatic rings. The van der Waals surface area contributed by atoms with E-state index in [0.717, 1.165) is 18.4 Å². The Bertz CT molecular complexity index is 351. The largest absolute Gasteiger partial charge is 0.497 e. The molecule has 1 saturated carbocycles. The van der Waals surface area contributed by atoms with Crippen LogP contribution >= 0.6 is 23.2 Å². The Kier molecular flexibility index (Phi) is 2.38. The summed E-state index contributed by atoms with van der Waals surface area (Å²) in [6.45, 7) is 0. The van der Waals surface area contributed by atoms with E-state index >= 15 is 0 Å². The minimum Gasteiger partial charge on any atom is -0.497 e. The topological polar surface area (TPSA) is 35.2 Å². The molecule has 1 aliphatic carbocycles. The lowest BCUT2D eigenvalue weighted by atomic mass is 10.1. The van der Waals surface area contributed by atoms with Crippen LogP contribution in [0.25, 0.3) is 0 Å². The third-order valence-corrected chi connectivity index (χ3v) is 3.13. The highest BCUT2D eigenvalue weighted by Crippen LogP contribution is 2.49. The van der Waals surface area contributed by atoms with Gasteiger partial charge in [0.25, 0.3) is 0 Å². The van der Waals surface area contributed by atoms with Gasteiger partial charge in [-0.1, -0.05) is 23.2 Å². The number of hydrogen-bond acceptors (Lipinski definition) is 2. The van der Waals surface area contributed by atoms with Gasteiger partial charge in [-0.25, -0.2) is 0 Å². The van der Waals surface area contributed by atoms with Crippen LogP contribution in [0.4, 0.5) is 0 Å². The zero-order valence-corrected chi connectivity index (χ0v) is 9.32. The third kappa shape index (κ3) is 1.58. The van der Waals surface area contributed by atoms with Crippen molar-refractivity contribution in [2.75, 3.05) is 7.11 Å². The van der Waals surface area contributed by atoms with E-state index < -0.39 is 0 Å². The lowest BCUT2D eigenvalue weighted by molar-refractivity contribution is 0.414. The molecule has 0 saturated heterocycles. The first-order chi connectivity index (χ1) is 6.57. The van der Waals surface area contributed by atoms with Crippen molar-refractivity contribution in [1.82, 2.24) is 0 Å². The lowest BCUT2D eigenvalue weighted by Gasteiger charge is -2.14. The Morgan fingerprint density at radius 2 is 1.79 bits per heavy atom. The predicted octanol–water partition coefficient (Wildman–Crippen LogP) is 2.95. The Hall–Kier alpha value is -0.440. The van der Waals surface area contributed by atoms with Crippen LogP contribution in [0.2, 0.25) is 10.0 Å². The molecule has 0 atom stereocenters. The SMILES string of the molecule is COc1cc(Cl)c(C2(N)CC2)c(Cl)c1. The summed E-state index contributed by atoms with van der Waals surface area (Å²) in [6, 6.07) is 3.49. The molecule has 0 heterocycles. The quantitative estimate of drug-likeness (QED) is 0.850. The maximum atomic E-state index is 6.09. The molecule has 1 aromatic carbocycles. The minimum atomic E-state index is -0.305. The normalized spacial score (nSPS) is 18.0. The molecule has 0 spiro atoms. The second-order valence-corrected chi connectivity index (χ2v) is 4.44. The Morgan fingerprint density at radius 1 is 1.29 bits per heavy atom. The first-order valence-electron chi connectivity index (χ1n) is 4.39. The molecule has 0 bridgehead atoms. The molecule has 2 N–H and O–H groups in total. The molecule has 2 nitrogen and oxygen atoms in total. The van der Waals surface area contributed by atoms with E-state index in [9.17, 15) is 0 Å². The zero-order chi connectivity index (χ0) is 10.3. The average molecular weight is 232 g/mol. The fraction of sp³-hybridized carbons (Fsp3) is 0.400. The van der Waals surface area contributed by atoms with E-state index in [1.165, 1.54) is 0 Å². The highest BCUT2D eigenvalue weighted by molar-refractivity contribution is 6.36. The molecule has 0 aliphatic heterocycles. The van der Waals surface area contributed by atoms with E-state index in [1.807, 2.05) is 0 Å². The van der Waals surface area contributed by atoms with Gasteiger partial charge in [0, 0.05) is 11.1 Å². The Labute approximate surface area is 92.9 Å². The highest BCUT2D eigenvalue weighted by atomic mass is 35.5. The van der Waals surface area contributed by atoms with Crippen LogP contribution in [-0.2, 0) is 5.54 Å². The standard InChI is InChI=1S/C10H11Cl2NO/c1-14-6-4-7(11)9(8(12)5-6)10(13)2-3-10/h4-5H,2-3,13H2,1H3. The number of halogens is 2. The second kappa shape index (κ2) is 3.30. The average Bonchev–Trinajstić information content (AvgIpc) is 2.82. The summed E-state index contributed by atoms with van der Waals surface area (Å²) in [5.74, 6) is 0.660. The monoisotopic (exact) mass is 231 g/mol. The van der Waals surface area contributed by atoms with Gasteiger partial charge in [0.1, 0.15) is 5.75 Å². The molecule has 1 aromatic rings. The van der Waals surface area contributed by atoms with Crippen molar-refractivity contribution in [3.8, 4) is 5.75 Å². The number of ether oxygens (including phenoxy) is 1. The number of methoxy groups -OCH3 is 1. The summed E-state index contributed by atoms with van der Waals surface area (Å²) in [5, 5.41) is 1.18. The van der Waals surface area contributed by atoms with Crippen LogP contribution in [-0.4, -0.2) is 7.11 Å². The summed E-state index contributed by atoms with van der Waals surface area (Å²) < 4.78 is 5.05. The van der Waals surface area contributed by atoms with Crippen molar-refractivity contribution in [2.45, 2.75) is 18.4 Å². The zero-order valence-electron chi connectivity index (χ0n) is 7.81. The van der Waals surface area contributed by atoms with Crippen LogP contribution < -0.4 is 10.5 Å². The molecule has 0 unspecified atom stereocenters. The first kappa shape index (κ1) is 10.1. The van der Waals surface area contributed by atoms with E-state index in [2.05, 4.69) is 0 Å². The van der Waals surface area contributed by atoms with Crippen molar-refractivity contribution in [1.29, 1.82) is 0 Å². The maximum Gasteiger partial charge on any atom is 0.121 e. The first-order valence-corrected chi connectivity index (χ1v) is 5.15. The van der Waals surface area contributed by atoms with Crippen LogP contribution in [0.15, 0.2) is 12.1 Å². The van der Waals surface area contributed by atoms with Crippen LogP contribution in [0.5, 0.6) is 5.75 Å². The van der Waals surface area contributed by atoms with E-state index in [4.69, 9.17) is 33.7 Å². The highest BCUT2D eigenvalue weighted by Gasteiger charge is 2.43. The van der Waals surface area contributed by atoms with Gasteiger partial charge in [-0.3, -0.25) is 0 Å². The second-order valence-electron chi connectivity index (χ2n) is 3.62. The summed E-state index contributed by atoms with van der Waals surface area (Å²) in [5.41, 5.74) is 6.59. The number of hydrogen-bond donors (Lipinski definition) is 1. The molecular weight excluding hydrogens is 221 g/mol. The summed E-state index contributed by atoms with van der Waals surface area (Å²) in [7, 11) is 1.58. The smallest absolute Gasteiger partial charge is 0.121 e.